The van der Waals surface area contributed by atoms with Gasteiger partial charge in [0.05, 0.1) is 5.92 Å². The summed E-state index contributed by atoms with van der Waals surface area (Å²) in [6.07, 6.45) is 0.979. The van der Waals surface area contributed by atoms with Crippen LogP contribution in [-0.4, -0.2) is 57.9 Å². The van der Waals surface area contributed by atoms with Gasteiger partial charge < -0.3 is 20.1 Å². The first-order chi connectivity index (χ1) is 19.3. The minimum atomic E-state index is -0.926. The van der Waals surface area contributed by atoms with Crippen molar-refractivity contribution in [3.63, 3.8) is 0 Å². The topological polar surface area (TPSA) is 126 Å². The second kappa shape index (κ2) is 16.2. The molecule has 226 valence electrons. The molecule has 2 amide bonds. The Morgan fingerprint density at radius 2 is 1.71 bits per heavy atom. The van der Waals surface area contributed by atoms with Crippen LogP contribution in [0, 0.1) is 17.8 Å². The zero-order valence-corrected chi connectivity index (χ0v) is 26.1. The standard InChI is InChI=1S/C31H45N3O6S/c1-8-28(36)40-26(17-25(20(4)5)34(7)27(35)14-19(2)3)30-33-24(18-41-30)29(37)32-23(15-21(6)31(38)39)16-22-12-10-9-11-13-22/h9-13,18-21,23,25-26H,8,14-17H2,1-7H3,(H,32,37)(H,38,39). The molecule has 1 aromatic carbocycles. The molecule has 2 N–H and O–H groups in total. The van der Waals surface area contributed by atoms with E-state index in [0.717, 1.165) is 5.56 Å². The number of nitrogens with one attached hydrogen (secondary N) is 1. The Morgan fingerprint density at radius 3 is 2.27 bits per heavy atom. The zero-order valence-electron chi connectivity index (χ0n) is 25.3. The van der Waals surface area contributed by atoms with Gasteiger partial charge in [-0.05, 0) is 30.2 Å². The number of ether oxygens (including phenoxy) is 1. The normalized spacial score (nSPS) is 14.3. The molecule has 0 radical (unpaired) electrons. The summed E-state index contributed by atoms with van der Waals surface area (Å²) in [7, 11) is 1.78. The first-order valence-electron chi connectivity index (χ1n) is 14.3. The molecule has 2 rings (SSSR count). The number of carboxylic acid groups (broad SMARTS) is 1. The van der Waals surface area contributed by atoms with Crippen molar-refractivity contribution in [1.29, 1.82) is 0 Å². The molecule has 9 nitrogen and oxygen atoms in total. The summed E-state index contributed by atoms with van der Waals surface area (Å²) < 4.78 is 5.78. The molecular weight excluding hydrogens is 542 g/mol. The van der Waals surface area contributed by atoms with Crippen molar-refractivity contribution < 1.29 is 29.0 Å². The van der Waals surface area contributed by atoms with E-state index in [2.05, 4.69) is 10.3 Å². The number of amides is 2. The van der Waals surface area contributed by atoms with Gasteiger partial charge in [0.25, 0.3) is 5.91 Å². The van der Waals surface area contributed by atoms with Crippen molar-refractivity contribution >= 4 is 35.1 Å². The van der Waals surface area contributed by atoms with Crippen LogP contribution in [0.25, 0.3) is 0 Å². The van der Waals surface area contributed by atoms with E-state index in [4.69, 9.17) is 4.74 Å². The lowest BCUT2D eigenvalue weighted by Crippen LogP contribution is -2.42. The third-order valence-electron chi connectivity index (χ3n) is 7.01. The number of carbonyl (C=O) groups excluding carboxylic acids is 3. The van der Waals surface area contributed by atoms with E-state index in [1.165, 1.54) is 11.3 Å². The Balaban J connectivity index is 2.27. The van der Waals surface area contributed by atoms with E-state index >= 15 is 0 Å². The van der Waals surface area contributed by atoms with E-state index in [1.807, 2.05) is 58.0 Å². The smallest absolute Gasteiger partial charge is 0.306 e. The Hall–Kier alpha value is -3.27. The summed E-state index contributed by atoms with van der Waals surface area (Å²) in [4.78, 5) is 56.3. The molecule has 0 saturated carbocycles. The first kappa shape index (κ1) is 33.9. The Morgan fingerprint density at radius 1 is 1.05 bits per heavy atom. The van der Waals surface area contributed by atoms with Gasteiger partial charge >= 0.3 is 11.9 Å². The fraction of sp³-hybridized carbons (Fsp3) is 0.581. The monoisotopic (exact) mass is 587 g/mol. The van der Waals surface area contributed by atoms with Crippen molar-refractivity contribution in [2.45, 2.75) is 91.8 Å². The number of hydrogen-bond acceptors (Lipinski definition) is 7. The van der Waals surface area contributed by atoms with Crippen LogP contribution in [0.1, 0.15) is 94.4 Å². The predicted octanol–water partition coefficient (Wildman–Crippen LogP) is 5.51. The first-order valence-corrected chi connectivity index (χ1v) is 15.2. The van der Waals surface area contributed by atoms with Gasteiger partial charge in [0, 0.05) is 43.8 Å². The van der Waals surface area contributed by atoms with Crippen molar-refractivity contribution in [2.75, 3.05) is 7.05 Å². The van der Waals surface area contributed by atoms with E-state index in [-0.39, 0.29) is 48.3 Å². The van der Waals surface area contributed by atoms with E-state index < -0.39 is 29.9 Å². The number of esters is 1. The van der Waals surface area contributed by atoms with E-state index in [9.17, 15) is 24.3 Å². The molecule has 0 bridgehead atoms. The maximum atomic E-state index is 13.3. The number of aliphatic carboxylic acids is 1. The number of hydrogen-bond donors (Lipinski definition) is 2. The molecule has 0 spiro atoms. The minimum absolute atomic E-state index is 0.0264. The highest BCUT2D eigenvalue weighted by atomic mass is 32.1. The highest BCUT2D eigenvalue weighted by Gasteiger charge is 2.31. The Kier molecular flexibility index (Phi) is 13.4. The van der Waals surface area contributed by atoms with Gasteiger partial charge in [0.1, 0.15) is 10.7 Å². The molecule has 0 saturated heterocycles. The second-order valence-corrected chi connectivity index (χ2v) is 12.3. The molecular formula is C31H45N3O6S. The Labute approximate surface area is 247 Å². The number of benzene rings is 1. The van der Waals surface area contributed by atoms with Crippen LogP contribution in [0.15, 0.2) is 35.7 Å². The number of carbonyl (C=O) groups is 4. The maximum absolute atomic E-state index is 13.3. The van der Waals surface area contributed by atoms with Crippen LogP contribution in [0.5, 0.6) is 0 Å². The average Bonchev–Trinajstić information content (AvgIpc) is 3.41. The third-order valence-corrected chi connectivity index (χ3v) is 7.95. The van der Waals surface area contributed by atoms with Crippen LogP contribution in [0.4, 0.5) is 0 Å². The fourth-order valence-electron chi connectivity index (χ4n) is 4.63. The molecule has 0 aliphatic rings. The summed E-state index contributed by atoms with van der Waals surface area (Å²) >= 11 is 1.23. The lowest BCUT2D eigenvalue weighted by atomic mass is 9.95. The lowest BCUT2D eigenvalue weighted by molar-refractivity contribution is -0.151. The Bertz CT molecular complexity index is 1150. The fourth-order valence-corrected chi connectivity index (χ4v) is 5.47. The van der Waals surface area contributed by atoms with E-state index in [0.29, 0.717) is 24.3 Å². The summed E-state index contributed by atoms with van der Waals surface area (Å²) in [5.74, 6) is -2.04. The largest absolute Gasteiger partial charge is 0.481 e. The zero-order chi connectivity index (χ0) is 30.7. The molecule has 4 unspecified atom stereocenters. The van der Waals surface area contributed by atoms with E-state index in [1.54, 1.807) is 31.2 Å². The summed E-state index contributed by atoms with van der Waals surface area (Å²) in [5, 5.41) is 14.5. The second-order valence-electron chi connectivity index (χ2n) is 11.4. The average molecular weight is 588 g/mol. The summed E-state index contributed by atoms with van der Waals surface area (Å²) in [5.41, 5.74) is 1.16. The molecule has 0 aliphatic carbocycles. The number of thiazole rings is 1. The highest BCUT2D eigenvalue weighted by molar-refractivity contribution is 7.09. The van der Waals surface area contributed by atoms with Crippen LogP contribution < -0.4 is 5.32 Å². The van der Waals surface area contributed by atoms with Crippen LogP contribution in [0.2, 0.25) is 0 Å². The van der Waals surface area contributed by atoms with Crippen LogP contribution in [-0.2, 0) is 25.5 Å². The van der Waals surface area contributed by atoms with Gasteiger partial charge in [-0.15, -0.1) is 11.3 Å². The van der Waals surface area contributed by atoms with Gasteiger partial charge in [-0.25, -0.2) is 4.98 Å². The van der Waals surface area contributed by atoms with Gasteiger partial charge in [-0.1, -0.05) is 71.9 Å². The molecule has 10 heteroatoms. The number of nitrogens with zero attached hydrogens (tertiary/aromatic N) is 2. The third kappa shape index (κ3) is 10.9. The van der Waals surface area contributed by atoms with Crippen LogP contribution in [0.3, 0.4) is 0 Å². The quantitative estimate of drug-likeness (QED) is 0.248. The predicted molar refractivity (Wildman–Crippen MR) is 160 cm³/mol. The van der Waals surface area contributed by atoms with Gasteiger partial charge in [-0.2, -0.15) is 0 Å². The van der Waals surface area contributed by atoms with Crippen molar-refractivity contribution in [1.82, 2.24) is 15.2 Å². The molecule has 41 heavy (non-hydrogen) atoms. The molecule has 2 aromatic rings. The summed E-state index contributed by atoms with van der Waals surface area (Å²) in [6, 6.07) is 8.95. The SMILES string of the molecule is CCC(=O)OC(CC(C(C)C)N(C)C(=O)CC(C)C)c1nc(C(=O)NC(Cc2ccccc2)CC(C)C(=O)O)cs1. The molecule has 1 aromatic heterocycles. The van der Waals surface area contributed by atoms with Gasteiger partial charge in [-0.3, -0.25) is 19.2 Å². The lowest BCUT2D eigenvalue weighted by Gasteiger charge is -2.34. The summed E-state index contributed by atoms with van der Waals surface area (Å²) in [6.45, 7) is 11.4. The van der Waals surface area contributed by atoms with Crippen molar-refractivity contribution in [2.24, 2.45) is 17.8 Å². The number of aromatic nitrogens is 1. The molecule has 4 atom stereocenters. The molecule has 1 heterocycles. The van der Waals surface area contributed by atoms with Crippen LogP contribution >= 0.6 is 11.3 Å². The molecule has 0 aliphatic heterocycles. The number of carboxylic acids is 1. The minimum Gasteiger partial charge on any atom is -0.481 e. The maximum Gasteiger partial charge on any atom is 0.306 e. The van der Waals surface area contributed by atoms with Gasteiger partial charge in [0.2, 0.25) is 5.91 Å². The van der Waals surface area contributed by atoms with Crippen molar-refractivity contribution in [3.05, 3.63) is 52.0 Å². The van der Waals surface area contributed by atoms with Crippen molar-refractivity contribution in [3.8, 4) is 0 Å². The van der Waals surface area contributed by atoms with Gasteiger partial charge in [0.15, 0.2) is 6.10 Å². The number of rotatable bonds is 16. The highest BCUT2D eigenvalue weighted by Crippen LogP contribution is 2.31. The molecule has 0 fully saturated rings.